The van der Waals surface area contributed by atoms with E-state index in [0.29, 0.717) is 16.3 Å². The number of benzene rings is 2. The molecule has 34 heavy (non-hydrogen) atoms. The van der Waals surface area contributed by atoms with Crippen LogP contribution in [0.5, 0.6) is 0 Å². The number of anilines is 2. The number of hydrogen-bond donors (Lipinski definition) is 3. The second kappa shape index (κ2) is 9.82. The summed E-state index contributed by atoms with van der Waals surface area (Å²) in [7, 11) is 0. The Kier molecular flexibility index (Phi) is 7.28. The van der Waals surface area contributed by atoms with E-state index in [-0.39, 0.29) is 16.3 Å². The van der Waals surface area contributed by atoms with Crippen molar-refractivity contribution in [2.75, 3.05) is 10.6 Å². The first-order chi connectivity index (χ1) is 15.9. The van der Waals surface area contributed by atoms with Crippen LogP contribution >= 0.6 is 23.1 Å². The van der Waals surface area contributed by atoms with Crippen molar-refractivity contribution in [2.45, 2.75) is 39.3 Å². The van der Waals surface area contributed by atoms with Crippen molar-refractivity contribution in [3.8, 4) is 0 Å². The average molecular weight is 500 g/mol. The molecule has 0 aliphatic rings. The fourth-order valence-corrected chi connectivity index (χ4v) is 4.20. The van der Waals surface area contributed by atoms with Gasteiger partial charge in [-0.25, -0.2) is 0 Å². The van der Waals surface area contributed by atoms with Crippen molar-refractivity contribution in [3.63, 3.8) is 0 Å². The Morgan fingerprint density at radius 1 is 1.06 bits per heavy atom. The van der Waals surface area contributed by atoms with Gasteiger partial charge in [-0.2, -0.15) is 4.37 Å². The average Bonchev–Trinajstić information content (AvgIpc) is 3.13. The lowest BCUT2D eigenvalue weighted by atomic mass is 9.99. The standard InChI is InChI=1S/C24H26ClN5O3S/c1-13-5-7-14(8-6-13)19(22(32)28-24(2,3)4)30(16-11-9-15(25)10-12-16)23(33)20-17(26)18(21(27)31)29-34-20/h5-12,19H,26H2,1-4H3,(H2,27,31)(H,28,32)/t19-/m0/s1. The van der Waals surface area contributed by atoms with E-state index < -0.39 is 29.3 Å². The molecule has 0 aliphatic carbocycles. The minimum absolute atomic E-state index is 0.00409. The van der Waals surface area contributed by atoms with E-state index in [0.717, 1.165) is 17.1 Å². The van der Waals surface area contributed by atoms with E-state index in [1.54, 1.807) is 36.4 Å². The molecule has 1 heterocycles. The first kappa shape index (κ1) is 25.2. The molecule has 0 spiro atoms. The summed E-state index contributed by atoms with van der Waals surface area (Å²) in [6.07, 6.45) is 0. The normalized spacial score (nSPS) is 12.1. The highest BCUT2D eigenvalue weighted by Crippen LogP contribution is 2.34. The number of rotatable bonds is 6. The van der Waals surface area contributed by atoms with Crippen molar-refractivity contribution in [3.05, 3.63) is 75.3 Å². The molecule has 3 aromatic rings. The maximum absolute atomic E-state index is 13.9. The third-order valence-corrected chi connectivity index (χ3v) is 5.98. The van der Waals surface area contributed by atoms with Crippen molar-refractivity contribution in [1.82, 2.24) is 9.69 Å². The third-order valence-electron chi connectivity index (χ3n) is 4.88. The number of carbonyl (C=O) groups is 3. The summed E-state index contributed by atoms with van der Waals surface area (Å²) in [5.74, 6) is -1.83. The van der Waals surface area contributed by atoms with Gasteiger partial charge in [-0.3, -0.25) is 19.3 Å². The van der Waals surface area contributed by atoms with Crippen molar-refractivity contribution in [2.24, 2.45) is 5.73 Å². The van der Waals surface area contributed by atoms with Crippen molar-refractivity contribution < 1.29 is 14.4 Å². The molecule has 1 atom stereocenters. The largest absolute Gasteiger partial charge is 0.395 e. The second-order valence-corrected chi connectivity index (χ2v) is 10.1. The zero-order chi connectivity index (χ0) is 25.2. The van der Waals surface area contributed by atoms with Crippen molar-refractivity contribution in [1.29, 1.82) is 0 Å². The van der Waals surface area contributed by atoms with Gasteiger partial charge in [0.2, 0.25) is 5.91 Å². The number of amides is 3. The summed E-state index contributed by atoms with van der Waals surface area (Å²) in [5, 5.41) is 3.43. The van der Waals surface area contributed by atoms with Gasteiger partial charge in [0.25, 0.3) is 11.8 Å². The number of nitrogens with zero attached hydrogens (tertiary/aromatic N) is 2. The van der Waals surface area contributed by atoms with Crippen LogP contribution in [0.2, 0.25) is 5.02 Å². The summed E-state index contributed by atoms with van der Waals surface area (Å²) in [5.41, 5.74) is 12.5. The van der Waals surface area contributed by atoms with Crippen LogP contribution in [0, 0.1) is 6.92 Å². The molecule has 0 saturated carbocycles. The fraction of sp³-hybridized carbons (Fsp3) is 0.250. The molecule has 0 radical (unpaired) electrons. The van der Waals surface area contributed by atoms with Crippen LogP contribution in [0.3, 0.4) is 0 Å². The van der Waals surface area contributed by atoms with Gasteiger partial charge in [0.05, 0.1) is 5.69 Å². The summed E-state index contributed by atoms with van der Waals surface area (Å²) in [6, 6.07) is 12.8. The molecular formula is C24H26ClN5O3S. The maximum Gasteiger partial charge on any atom is 0.273 e. The highest BCUT2D eigenvalue weighted by Gasteiger charge is 2.37. The Labute approximate surface area is 207 Å². The Morgan fingerprint density at radius 3 is 2.15 bits per heavy atom. The summed E-state index contributed by atoms with van der Waals surface area (Å²) >= 11 is 6.83. The zero-order valence-corrected chi connectivity index (χ0v) is 20.8. The highest BCUT2D eigenvalue weighted by atomic mass is 35.5. The number of hydrogen-bond acceptors (Lipinski definition) is 6. The molecule has 5 N–H and O–H groups in total. The molecule has 3 amide bonds. The lowest BCUT2D eigenvalue weighted by Crippen LogP contribution is -2.49. The number of aryl methyl sites for hydroxylation is 1. The summed E-state index contributed by atoms with van der Waals surface area (Å²) in [6.45, 7) is 7.49. The predicted molar refractivity (Wildman–Crippen MR) is 135 cm³/mol. The molecule has 8 nitrogen and oxygen atoms in total. The number of halogens is 1. The predicted octanol–water partition coefficient (Wildman–Crippen LogP) is 4.09. The molecule has 0 fully saturated rings. The molecule has 0 bridgehead atoms. The first-order valence-corrected chi connectivity index (χ1v) is 11.6. The lowest BCUT2D eigenvalue weighted by molar-refractivity contribution is -0.123. The molecule has 2 aromatic carbocycles. The van der Waals surface area contributed by atoms with E-state index in [4.69, 9.17) is 23.1 Å². The van der Waals surface area contributed by atoms with Gasteiger partial charge in [0, 0.05) is 16.2 Å². The molecule has 1 aromatic heterocycles. The van der Waals surface area contributed by atoms with Gasteiger partial charge < -0.3 is 16.8 Å². The lowest BCUT2D eigenvalue weighted by Gasteiger charge is -2.33. The van der Waals surface area contributed by atoms with Crippen LogP contribution in [0.15, 0.2) is 48.5 Å². The molecule has 0 aliphatic heterocycles. The van der Waals surface area contributed by atoms with Gasteiger partial charge in [-0.1, -0.05) is 41.4 Å². The van der Waals surface area contributed by atoms with Gasteiger partial charge >= 0.3 is 0 Å². The van der Waals surface area contributed by atoms with Crippen LogP contribution < -0.4 is 21.7 Å². The van der Waals surface area contributed by atoms with Gasteiger partial charge in [0.1, 0.15) is 10.9 Å². The number of aromatic nitrogens is 1. The smallest absolute Gasteiger partial charge is 0.273 e. The van der Waals surface area contributed by atoms with E-state index >= 15 is 0 Å². The summed E-state index contributed by atoms with van der Waals surface area (Å²) < 4.78 is 3.95. The van der Waals surface area contributed by atoms with Crippen LogP contribution in [0.1, 0.15) is 58.1 Å². The summed E-state index contributed by atoms with van der Waals surface area (Å²) in [4.78, 5) is 40.5. The third kappa shape index (κ3) is 5.55. The number of primary amides is 1. The molecule has 178 valence electrons. The molecule has 10 heteroatoms. The van der Waals surface area contributed by atoms with E-state index in [1.807, 2.05) is 39.8 Å². The highest BCUT2D eigenvalue weighted by molar-refractivity contribution is 7.09. The SMILES string of the molecule is Cc1ccc([C@@H](C(=O)NC(C)(C)C)N(C(=O)c2snc(C(N)=O)c2N)c2ccc(Cl)cc2)cc1. The van der Waals surface area contributed by atoms with Crippen molar-refractivity contribution >= 4 is 52.2 Å². The first-order valence-electron chi connectivity index (χ1n) is 10.4. The number of nitrogens with two attached hydrogens (primary N) is 2. The van der Waals surface area contributed by atoms with Crippen LogP contribution in [-0.2, 0) is 4.79 Å². The Hall–Kier alpha value is -3.43. The second-order valence-electron chi connectivity index (χ2n) is 8.84. The maximum atomic E-state index is 13.9. The molecule has 3 rings (SSSR count). The quantitative estimate of drug-likeness (QED) is 0.470. The fourth-order valence-electron chi connectivity index (χ4n) is 3.33. The van der Waals surface area contributed by atoms with E-state index in [2.05, 4.69) is 9.69 Å². The van der Waals surface area contributed by atoms with Crippen LogP contribution in [-0.4, -0.2) is 27.6 Å². The molecule has 0 saturated heterocycles. The number of nitrogen functional groups attached to an aromatic ring is 1. The van der Waals surface area contributed by atoms with E-state index in [9.17, 15) is 14.4 Å². The number of carbonyl (C=O) groups excluding carboxylic acids is 3. The van der Waals surface area contributed by atoms with Gasteiger partial charge in [-0.05, 0) is 69.1 Å². The van der Waals surface area contributed by atoms with E-state index in [1.165, 1.54) is 4.90 Å². The van der Waals surface area contributed by atoms with Gasteiger partial charge in [-0.15, -0.1) is 0 Å². The zero-order valence-electron chi connectivity index (χ0n) is 19.3. The molecule has 0 unspecified atom stereocenters. The van der Waals surface area contributed by atoms with Crippen LogP contribution in [0.4, 0.5) is 11.4 Å². The monoisotopic (exact) mass is 499 g/mol. The Bertz CT molecular complexity index is 1220. The Morgan fingerprint density at radius 2 is 1.65 bits per heavy atom. The number of nitrogens with one attached hydrogen (secondary N) is 1. The van der Waals surface area contributed by atoms with Crippen LogP contribution in [0.25, 0.3) is 0 Å². The minimum Gasteiger partial charge on any atom is -0.395 e. The topological polar surface area (TPSA) is 131 Å². The minimum atomic E-state index is -1.05. The molecular weight excluding hydrogens is 474 g/mol. The van der Waals surface area contributed by atoms with Gasteiger partial charge in [0.15, 0.2) is 5.69 Å². The Balaban J connectivity index is 2.22.